The van der Waals surface area contributed by atoms with E-state index in [1.165, 1.54) is 0 Å². The van der Waals surface area contributed by atoms with Crippen LogP contribution in [0.3, 0.4) is 0 Å². The molecule has 0 bridgehead atoms. The molecule has 0 spiro atoms. The molecule has 0 amide bonds. The molecule has 0 fully saturated rings. The Kier molecular flexibility index (Phi) is 5.31. The van der Waals surface area contributed by atoms with Gasteiger partial charge < -0.3 is 0 Å². The van der Waals surface area contributed by atoms with Crippen LogP contribution in [-0.4, -0.2) is 8.42 Å². The number of furan rings is 1. The molecule has 1 aromatic heterocycles. The van der Waals surface area contributed by atoms with Crippen LogP contribution in [0.25, 0.3) is 0 Å². The van der Waals surface area contributed by atoms with Crippen molar-refractivity contribution in [3.05, 3.63) is 84.9 Å². The summed E-state index contributed by atoms with van der Waals surface area (Å²) in [5.74, 6) is 0.738. The van der Waals surface area contributed by atoms with E-state index in [2.05, 4.69) is 0 Å². The van der Waals surface area contributed by atoms with Gasteiger partial charge in [-0.3, -0.25) is 0 Å². The first-order chi connectivity index (χ1) is 11.9. The standard InChI is InChI=1S/C19H19IO4S/c1-14-8-11-17(12-9-14)25(21,22)24-20(19-13-10-16(3)23-19)18-7-5-4-6-15(18)2/h4-13H,1-3H3. The molecule has 4 nitrogen and oxygen atoms in total. The van der Waals surface area contributed by atoms with E-state index in [4.69, 9.17) is 6.93 Å². The van der Waals surface area contributed by atoms with Gasteiger partial charge >= 0.3 is 156 Å². The van der Waals surface area contributed by atoms with E-state index in [1.807, 2.05) is 57.2 Å². The Bertz CT molecular complexity index is 975. The summed E-state index contributed by atoms with van der Waals surface area (Å²) in [6, 6.07) is 18.0. The van der Waals surface area contributed by atoms with Gasteiger partial charge in [-0.15, -0.1) is 0 Å². The van der Waals surface area contributed by atoms with Crippen LogP contribution in [0.4, 0.5) is 0 Å². The quantitative estimate of drug-likeness (QED) is 0.489. The van der Waals surface area contributed by atoms with Gasteiger partial charge in [0.1, 0.15) is 0 Å². The van der Waals surface area contributed by atoms with Crippen molar-refractivity contribution < 1.29 is 15.3 Å². The average molecular weight is 470 g/mol. The molecule has 25 heavy (non-hydrogen) atoms. The van der Waals surface area contributed by atoms with Crippen LogP contribution in [-0.2, 0) is 12.6 Å². The Hall–Kier alpha value is -1.64. The summed E-state index contributed by atoms with van der Waals surface area (Å²) in [6.45, 7) is 5.70. The molecule has 6 heteroatoms. The van der Waals surface area contributed by atoms with Crippen LogP contribution in [0.2, 0.25) is 0 Å². The number of aryl methyl sites for hydroxylation is 3. The van der Waals surface area contributed by atoms with Crippen molar-refractivity contribution in [3.8, 4) is 0 Å². The van der Waals surface area contributed by atoms with Crippen LogP contribution in [0.1, 0.15) is 16.9 Å². The maximum absolute atomic E-state index is 12.8. The SMILES string of the molecule is Cc1ccc(S(=O)(=O)OI(c2ccc(C)o2)c2ccccc2C)cc1. The summed E-state index contributed by atoms with van der Waals surface area (Å²) in [4.78, 5) is 0.164. The van der Waals surface area contributed by atoms with Crippen LogP contribution in [0, 0.1) is 28.1 Å². The molecule has 1 heterocycles. The molecule has 3 aromatic rings. The van der Waals surface area contributed by atoms with Crippen LogP contribution < -0.4 is 0 Å². The molecule has 0 radical (unpaired) electrons. The third-order valence-electron chi connectivity index (χ3n) is 3.59. The van der Waals surface area contributed by atoms with E-state index in [9.17, 15) is 8.42 Å². The Morgan fingerprint density at radius 2 is 1.56 bits per heavy atom. The zero-order valence-corrected chi connectivity index (χ0v) is 17.2. The zero-order chi connectivity index (χ0) is 18.0. The summed E-state index contributed by atoms with van der Waals surface area (Å²) < 4.78 is 38.6. The maximum atomic E-state index is 12.8. The predicted molar refractivity (Wildman–Crippen MR) is 105 cm³/mol. The summed E-state index contributed by atoms with van der Waals surface area (Å²) >= 11 is -2.75. The van der Waals surface area contributed by atoms with Gasteiger partial charge in [0.2, 0.25) is 0 Å². The molecular weight excluding hydrogens is 451 g/mol. The molecule has 0 unspecified atom stereocenters. The molecular formula is C19H19IO4S. The summed E-state index contributed by atoms with van der Waals surface area (Å²) in [5.41, 5.74) is 2.00. The Labute approximate surface area is 155 Å². The molecule has 132 valence electrons. The van der Waals surface area contributed by atoms with E-state index in [-0.39, 0.29) is 4.90 Å². The van der Waals surface area contributed by atoms with Crippen molar-refractivity contribution in [2.75, 3.05) is 0 Å². The van der Waals surface area contributed by atoms with Gasteiger partial charge in [-0.2, -0.15) is 0 Å². The monoisotopic (exact) mass is 470 g/mol. The first-order valence-electron chi connectivity index (χ1n) is 7.70. The van der Waals surface area contributed by atoms with Gasteiger partial charge in [-0.25, -0.2) is 0 Å². The van der Waals surface area contributed by atoms with Crippen molar-refractivity contribution in [2.45, 2.75) is 25.7 Å². The number of hydrogen-bond donors (Lipinski definition) is 0. The van der Waals surface area contributed by atoms with E-state index in [1.54, 1.807) is 24.3 Å². The average Bonchev–Trinajstić information content (AvgIpc) is 3.00. The molecule has 2 aromatic carbocycles. The van der Waals surface area contributed by atoms with Crippen LogP contribution >= 0.6 is 20.2 Å². The third-order valence-corrected chi connectivity index (χ3v) is 11.0. The van der Waals surface area contributed by atoms with Crippen LogP contribution in [0.5, 0.6) is 0 Å². The van der Waals surface area contributed by atoms with Crippen molar-refractivity contribution in [1.82, 2.24) is 0 Å². The van der Waals surface area contributed by atoms with Gasteiger partial charge in [0.25, 0.3) is 0 Å². The van der Waals surface area contributed by atoms with E-state index >= 15 is 0 Å². The third kappa shape index (κ3) is 4.13. The summed E-state index contributed by atoms with van der Waals surface area (Å²) in [7, 11) is -3.87. The summed E-state index contributed by atoms with van der Waals surface area (Å²) in [5, 5.41) is 0. The minimum atomic E-state index is -3.87. The van der Waals surface area contributed by atoms with Gasteiger partial charge in [0.05, 0.1) is 0 Å². The normalized spacial score (nSPS) is 12.2. The first-order valence-corrected chi connectivity index (χ1v) is 12.2. The van der Waals surface area contributed by atoms with Gasteiger partial charge in [0.15, 0.2) is 0 Å². The van der Waals surface area contributed by atoms with E-state index < -0.39 is 30.4 Å². The van der Waals surface area contributed by atoms with Crippen molar-refractivity contribution in [1.29, 1.82) is 0 Å². The molecule has 0 saturated carbocycles. The molecule has 0 saturated heterocycles. The molecule has 0 aliphatic rings. The molecule has 0 N–H and O–H groups in total. The van der Waals surface area contributed by atoms with Crippen molar-refractivity contribution in [3.63, 3.8) is 0 Å². The zero-order valence-electron chi connectivity index (χ0n) is 14.2. The second-order valence-electron chi connectivity index (χ2n) is 5.68. The van der Waals surface area contributed by atoms with Crippen molar-refractivity contribution >= 4 is 30.4 Å². The predicted octanol–water partition coefficient (Wildman–Crippen LogP) is 5.07. The fourth-order valence-corrected chi connectivity index (χ4v) is 9.34. The molecule has 3 rings (SSSR count). The van der Waals surface area contributed by atoms with Crippen molar-refractivity contribution in [2.24, 2.45) is 0 Å². The number of hydrogen-bond acceptors (Lipinski definition) is 4. The van der Waals surface area contributed by atoms with Crippen LogP contribution in [0.15, 0.2) is 70.0 Å². The number of rotatable bonds is 5. The fourth-order valence-electron chi connectivity index (χ4n) is 2.23. The second-order valence-corrected chi connectivity index (χ2v) is 11.9. The molecule has 0 aliphatic carbocycles. The minimum absolute atomic E-state index is 0.164. The summed E-state index contributed by atoms with van der Waals surface area (Å²) in [6.07, 6.45) is 0. The second kappa shape index (κ2) is 7.31. The van der Waals surface area contributed by atoms with Gasteiger partial charge in [-0.1, -0.05) is 0 Å². The Balaban J connectivity index is 2.03. The Morgan fingerprint density at radius 1 is 0.880 bits per heavy atom. The first kappa shape index (κ1) is 18.2. The number of benzene rings is 2. The topological polar surface area (TPSA) is 56.5 Å². The van der Waals surface area contributed by atoms with Gasteiger partial charge in [0, 0.05) is 0 Å². The Morgan fingerprint density at radius 3 is 2.16 bits per heavy atom. The van der Waals surface area contributed by atoms with E-state index in [0.717, 1.165) is 20.5 Å². The van der Waals surface area contributed by atoms with Gasteiger partial charge in [-0.05, 0) is 0 Å². The number of halogens is 1. The molecule has 0 atom stereocenters. The molecule has 0 aliphatic heterocycles. The van der Waals surface area contributed by atoms with E-state index in [0.29, 0.717) is 3.77 Å². The fraction of sp³-hybridized carbons (Fsp3) is 0.158.